The van der Waals surface area contributed by atoms with E-state index in [1.807, 2.05) is 12.1 Å². The number of phenols is 1. The Balaban J connectivity index is 2.25. The number of phenolic OH excluding ortho intramolecular Hbond substituents is 1. The summed E-state index contributed by atoms with van der Waals surface area (Å²) in [6.45, 7) is 0. The molecule has 1 aliphatic carbocycles. The fourth-order valence-corrected chi connectivity index (χ4v) is 2.70. The number of benzene rings is 1. The zero-order valence-corrected chi connectivity index (χ0v) is 10.1. The van der Waals surface area contributed by atoms with Crippen LogP contribution in [0.2, 0.25) is 0 Å². The van der Waals surface area contributed by atoms with Crippen molar-refractivity contribution in [3.8, 4) is 5.75 Å². The minimum atomic E-state index is -0.178. The lowest BCUT2D eigenvalue weighted by atomic mass is 9.85. The molecule has 0 heterocycles. The predicted octanol–water partition coefficient (Wildman–Crippen LogP) is 2.84. The molecule has 0 aromatic heterocycles. The van der Waals surface area contributed by atoms with E-state index in [2.05, 4.69) is 0 Å². The van der Waals surface area contributed by atoms with Crippen molar-refractivity contribution >= 4 is 5.97 Å². The van der Waals surface area contributed by atoms with Gasteiger partial charge in [-0.2, -0.15) is 0 Å². The molecule has 1 aromatic rings. The zero-order chi connectivity index (χ0) is 12.3. The molecule has 3 heteroatoms. The van der Waals surface area contributed by atoms with E-state index in [0.29, 0.717) is 5.92 Å². The first-order valence-corrected chi connectivity index (χ1v) is 6.09. The van der Waals surface area contributed by atoms with Crippen LogP contribution in [0.3, 0.4) is 0 Å². The van der Waals surface area contributed by atoms with E-state index in [1.165, 1.54) is 20.0 Å². The molecule has 1 aromatic carbocycles. The Bertz CT molecular complexity index is 377. The van der Waals surface area contributed by atoms with Gasteiger partial charge in [0.1, 0.15) is 5.75 Å². The van der Waals surface area contributed by atoms with Crippen LogP contribution in [0.4, 0.5) is 0 Å². The summed E-state index contributed by atoms with van der Waals surface area (Å²) in [5.41, 5.74) is 0.946. The molecule has 2 rings (SSSR count). The highest BCUT2D eigenvalue weighted by Gasteiger charge is 2.32. The highest BCUT2D eigenvalue weighted by atomic mass is 16.5. The summed E-state index contributed by atoms with van der Waals surface area (Å²) in [4.78, 5) is 11.9. The first-order chi connectivity index (χ1) is 8.22. The van der Waals surface area contributed by atoms with Crippen LogP contribution >= 0.6 is 0 Å². The fourth-order valence-electron chi connectivity index (χ4n) is 2.70. The number of carbonyl (C=O) groups is 1. The molecule has 92 valence electrons. The van der Waals surface area contributed by atoms with Gasteiger partial charge in [0.25, 0.3) is 0 Å². The van der Waals surface area contributed by atoms with Crippen molar-refractivity contribution in [2.45, 2.75) is 31.6 Å². The maximum absolute atomic E-state index is 11.9. The summed E-state index contributed by atoms with van der Waals surface area (Å²) in [6.07, 6.45) is 4.55. The predicted molar refractivity (Wildman–Crippen MR) is 64.8 cm³/mol. The number of carbonyl (C=O) groups excluding carboxylic acids is 1. The van der Waals surface area contributed by atoms with Crippen LogP contribution in [0.15, 0.2) is 24.3 Å². The fraction of sp³-hybridized carbons (Fsp3) is 0.500. The topological polar surface area (TPSA) is 46.5 Å². The monoisotopic (exact) mass is 234 g/mol. The van der Waals surface area contributed by atoms with Crippen LogP contribution in [0, 0.1) is 5.92 Å². The van der Waals surface area contributed by atoms with Gasteiger partial charge in [0.05, 0.1) is 13.0 Å². The van der Waals surface area contributed by atoms with Crippen molar-refractivity contribution < 1.29 is 14.6 Å². The third-order valence-corrected chi connectivity index (χ3v) is 3.58. The Morgan fingerprint density at radius 1 is 1.29 bits per heavy atom. The van der Waals surface area contributed by atoms with Gasteiger partial charge >= 0.3 is 5.97 Å². The second kappa shape index (κ2) is 5.21. The summed E-state index contributed by atoms with van der Waals surface area (Å²) >= 11 is 0. The number of ether oxygens (including phenoxy) is 1. The number of methoxy groups -OCH3 is 1. The largest absolute Gasteiger partial charge is 0.508 e. The van der Waals surface area contributed by atoms with Crippen molar-refractivity contribution in [1.82, 2.24) is 0 Å². The van der Waals surface area contributed by atoms with Gasteiger partial charge in [0, 0.05) is 0 Å². The van der Waals surface area contributed by atoms with Gasteiger partial charge < -0.3 is 9.84 Å². The van der Waals surface area contributed by atoms with Crippen LogP contribution in [-0.4, -0.2) is 18.2 Å². The number of hydrogen-bond acceptors (Lipinski definition) is 3. The standard InChI is InChI=1S/C14H18O3/c1-17-14(16)13(10-4-2-3-5-10)11-6-8-12(15)9-7-11/h6-10,13,15H,2-5H2,1H3. The van der Waals surface area contributed by atoms with E-state index in [0.717, 1.165) is 18.4 Å². The molecule has 0 aliphatic heterocycles. The summed E-state index contributed by atoms with van der Waals surface area (Å²) in [5.74, 6) is 0.265. The number of hydrogen-bond donors (Lipinski definition) is 1. The van der Waals surface area contributed by atoms with E-state index >= 15 is 0 Å². The second-order valence-electron chi connectivity index (χ2n) is 4.64. The minimum Gasteiger partial charge on any atom is -0.508 e. The highest BCUT2D eigenvalue weighted by Crippen LogP contribution is 2.38. The quantitative estimate of drug-likeness (QED) is 0.818. The Hall–Kier alpha value is -1.51. The molecular weight excluding hydrogens is 216 g/mol. The molecule has 0 amide bonds. The number of esters is 1. The summed E-state index contributed by atoms with van der Waals surface area (Å²) < 4.78 is 4.91. The van der Waals surface area contributed by atoms with Gasteiger partial charge in [-0.1, -0.05) is 25.0 Å². The Labute approximate surface area is 101 Å². The van der Waals surface area contributed by atoms with Crippen molar-refractivity contribution in [1.29, 1.82) is 0 Å². The normalized spacial score (nSPS) is 17.9. The van der Waals surface area contributed by atoms with Crippen molar-refractivity contribution in [2.24, 2.45) is 5.92 Å². The highest BCUT2D eigenvalue weighted by molar-refractivity contribution is 5.78. The molecule has 3 nitrogen and oxygen atoms in total. The molecule has 1 atom stereocenters. The van der Waals surface area contributed by atoms with Crippen LogP contribution in [-0.2, 0) is 9.53 Å². The first kappa shape index (κ1) is 12.0. The van der Waals surface area contributed by atoms with Gasteiger partial charge in [-0.25, -0.2) is 0 Å². The van der Waals surface area contributed by atoms with Gasteiger partial charge in [-0.05, 0) is 36.5 Å². The summed E-state index contributed by atoms with van der Waals surface area (Å²) in [5, 5.41) is 9.28. The van der Waals surface area contributed by atoms with Gasteiger partial charge in [-0.15, -0.1) is 0 Å². The third-order valence-electron chi connectivity index (χ3n) is 3.58. The molecule has 0 radical (unpaired) electrons. The van der Waals surface area contributed by atoms with E-state index < -0.39 is 0 Å². The smallest absolute Gasteiger partial charge is 0.313 e. The van der Waals surface area contributed by atoms with Crippen LogP contribution in [0.1, 0.15) is 37.2 Å². The van der Waals surface area contributed by atoms with E-state index in [-0.39, 0.29) is 17.6 Å². The molecule has 0 saturated heterocycles. The third kappa shape index (κ3) is 2.60. The minimum absolute atomic E-state index is 0.164. The maximum atomic E-state index is 11.9. The second-order valence-corrected chi connectivity index (χ2v) is 4.64. The van der Waals surface area contributed by atoms with Crippen LogP contribution in [0.5, 0.6) is 5.75 Å². The Morgan fingerprint density at radius 3 is 2.41 bits per heavy atom. The molecule has 1 N–H and O–H groups in total. The van der Waals surface area contributed by atoms with E-state index in [1.54, 1.807) is 12.1 Å². The van der Waals surface area contributed by atoms with Crippen LogP contribution < -0.4 is 0 Å². The lowest BCUT2D eigenvalue weighted by molar-refractivity contribution is -0.143. The van der Waals surface area contributed by atoms with Crippen molar-refractivity contribution in [3.63, 3.8) is 0 Å². The average Bonchev–Trinajstić information content (AvgIpc) is 2.85. The summed E-state index contributed by atoms with van der Waals surface area (Å²) in [6, 6.07) is 6.88. The molecule has 0 spiro atoms. The average molecular weight is 234 g/mol. The lowest BCUT2D eigenvalue weighted by Gasteiger charge is -2.21. The van der Waals surface area contributed by atoms with E-state index in [9.17, 15) is 9.90 Å². The molecule has 1 aliphatic rings. The van der Waals surface area contributed by atoms with Gasteiger partial charge in [-0.3, -0.25) is 4.79 Å². The number of aromatic hydroxyl groups is 1. The van der Waals surface area contributed by atoms with Gasteiger partial charge in [0.15, 0.2) is 0 Å². The Kier molecular flexibility index (Phi) is 3.67. The number of rotatable bonds is 3. The lowest BCUT2D eigenvalue weighted by Crippen LogP contribution is -2.21. The zero-order valence-electron chi connectivity index (χ0n) is 10.1. The molecule has 1 saturated carbocycles. The molecule has 17 heavy (non-hydrogen) atoms. The maximum Gasteiger partial charge on any atom is 0.313 e. The molecular formula is C14H18O3. The SMILES string of the molecule is COC(=O)C(c1ccc(O)cc1)C1CCCC1. The molecule has 1 fully saturated rings. The Morgan fingerprint density at radius 2 is 1.88 bits per heavy atom. The van der Waals surface area contributed by atoms with Crippen molar-refractivity contribution in [3.05, 3.63) is 29.8 Å². The van der Waals surface area contributed by atoms with Crippen molar-refractivity contribution in [2.75, 3.05) is 7.11 Å². The van der Waals surface area contributed by atoms with Gasteiger partial charge in [0.2, 0.25) is 0 Å². The van der Waals surface area contributed by atoms with E-state index in [4.69, 9.17) is 4.74 Å². The molecule has 0 bridgehead atoms. The first-order valence-electron chi connectivity index (χ1n) is 6.09. The summed E-state index contributed by atoms with van der Waals surface area (Å²) in [7, 11) is 1.44. The molecule has 1 unspecified atom stereocenters. The van der Waals surface area contributed by atoms with Crippen LogP contribution in [0.25, 0.3) is 0 Å².